The third-order valence-corrected chi connectivity index (χ3v) is 1.80. The van der Waals surface area contributed by atoms with E-state index in [1.807, 2.05) is 0 Å². The van der Waals surface area contributed by atoms with Crippen LogP contribution in [0.2, 0.25) is 0 Å². The van der Waals surface area contributed by atoms with Crippen molar-refractivity contribution in [2.75, 3.05) is 13.7 Å². The van der Waals surface area contributed by atoms with E-state index in [0.717, 1.165) is 12.0 Å². The Morgan fingerprint density at radius 1 is 1.71 bits per heavy atom. The van der Waals surface area contributed by atoms with Gasteiger partial charge < -0.3 is 10.1 Å². The Kier molecular flexibility index (Phi) is 4.71. The number of nitrogens with one attached hydrogen (secondary N) is 2. The number of carbonyl (C=O) groups excluding carboxylic acids is 1. The van der Waals surface area contributed by atoms with E-state index in [2.05, 4.69) is 15.5 Å². The predicted molar refractivity (Wildman–Crippen MR) is 51.5 cm³/mol. The lowest BCUT2D eigenvalue weighted by Crippen LogP contribution is -2.22. The molecule has 1 aromatic rings. The van der Waals surface area contributed by atoms with Gasteiger partial charge in [-0.15, -0.1) is 0 Å². The lowest BCUT2D eigenvalue weighted by atomic mass is 10.3. The van der Waals surface area contributed by atoms with Crippen LogP contribution in [0.4, 0.5) is 0 Å². The Hall–Kier alpha value is -1.36. The summed E-state index contributed by atoms with van der Waals surface area (Å²) in [5, 5.41) is 9.25. The highest BCUT2D eigenvalue weighted by atomic mass is 16.5. The molecule has 0 saturated carbocycles. The number of aromatic nitrogens is 2. The fraction of sp³-hybridized carbons (Fsp3) is 0.556. The van der Waals surface area contributed by atoms with E-state index in [4.69, 9.17) is 4.74 Å². The summed E-state index contributed by atoms with van der Waals surface area (Å²) in [6.45, 7) is 1.15. The summed E-state index contributed by atoms with van der Waals surface area (Å²) >= 11 is 0. The SMILES string of the molecule is COCCCC(=O)NCc1cn[nH]c1. The van der Waals surface area contributed by atoms with Crippen LogP contribution in [0.15, 0.2) is 12.4 Å². The highest BCUT2D eigenvalue weighted by Gasteiger charge is 2.00. The van der Waals surface area contributed by atoms with E-state index >= 15 is 0 Å². The number of ether oxygens (including phenoxy) is 1. The van der Waals surface area contributed by atoms with Crippen molar-refractivity contribution in [3.63, 3.8) is 0 Å². The molecule has 0 unspecified atom stereocenters. The van der Waals surface area contributed by atoms with E-state index in [1.54, 1.807) is 19.5 Å². The van der Waals surface area contributed by atoms with Gasteiger partial charge in [0, 0.05) is 38.4 Å². The van der Waals surface area contributed by atoms with Crippen molar-refractivity contribution in [2.45, 2.75) is 19.4 Å². The molecule has 0 spiro atoms. The van der Waals surface area contributed by atoms with Gasteiger partial charge in [-0.05, 0) is 6.42 Å². The van der Waals surface area contributed by atoms with Crippen molar-refractivity contribution >= 4 is 5.91 Å². The number of hydrogen-bond acceptors (Lipinski definition) is 3. The van der Waals surface area contributed by atoms with Gasteiger partial charge in [-0.3, -0.25) is 9.89 Å². The first-order chi connectivity index (χ1) is 6.83. The molecule has 0 bridgehead atoms. The second kappa shape index (κ2) is 6.15. The third-order valence-electron chi connectivity index (χ3n) is 1.80. The Balaban J connectivity index is 2.09. The monoisotopic (exact) mass is 197 g/mol. The highest BCUT2D eigenvalue weighted by molar-refractivity contribution is 5.75. The highest BCUT2D eigenvalue weighted by Crippen LogP contribution is 1.94. The van der Waals surface area contributed by atoms with Gasteiger partial charge in [0.05, 0.1) is 6.20 Å². The number of carbonyl (C=O) groups is 1. The van der Waals surface area contributed by atoms with Crippen LogP contribution in [-0.2, 0) is 16.1 Å². The standard InChI is InChI=1S/C9H15N3O2/c1-14-4-2-3-9(13)10-5-8-6-11-12-7-8/h6-7H,2-5H2,1H3,(H,10,13)(H,11,12). The maximum Gasteiger partial charge on any atom is 0.220 e. The van der Waals surface area contributed by atoms with Gasteiger partial charge in [0.2, 0.25) is 5.91 Å². The van der Waals surface area contributed by atoms with Crippen molar-refractivity contribution in [1.29, 1.82) is 0 Å². The number of nitrogens with zero attached hydrogens (tertiary/aromatic N) is 1. The number of amides is 1. The van der Waals surface area contributed by atoms with Crippen molar-refractivity contribution < 1.29 is 9.53 Å². The van der Waals surface area contributed by atoms with Gasteiger partial charge >= 0.3 is 0 Å². The van der Waals surface area contributed by atoms with Gasteiger partial charge in [0.15, 0.2) is 0 Å². The number of H-pyrrole nitrogens is 1. The summed E-state index contributed by atoms with van der Waals surface area (Å²) in [5.74, 6) is 0.0447. The molecule has 0 aromatic carbocycles. The largest absolute Gasteiger partial charge is 0.385 e. The molecule has 5 nitrogen and oxygen atoms in total. The van der Waals surface area contributed by atoms with E-state index in [9.17, 15) is 4.79 Å². The Labute approximate surface area is 82.8 Å². The maximum atomic E-state index is 11.2. The first-order valence-electron chi connectivity index (χ1n) is 4.56. The molecule has 1 rings (SSSR count). The smallest absolute Gasteiger partial charge is 0.220 e. The first-order valence-corrected chi connectivity index (χ1v) is 4.56. The average molecular weight is 197 g/mol. The lowest BCUT2D eigenvalue weighted by Gasteiger charge is -2.02. The first kappa shape index (κ1) is 10.7. The lowest BCUT2D eigenvalue weighted by molar-refractivity contribution is -0.121. The molecule has 0 aliphatic carbocycles. The third kappa shape index (κ3) is 4.04. The van der Waals surface area contributed by atoms with Gasteiger partial charge in [0.1, 0.15) is 0 Å². The fourth-order valence-corrected chi connectivity index (χ4v) is 1.04. The zero-order valence-electron chi connectivity index (χ0n) is 8.25. The molecule has 78 valence electrons. The normalized spacial score (nSPS) is 10.1. The van der Waals surface area contributed by atoms with E-state index in [-0.39, 0.29) is 5.91 Å². The molecular formula is C9H15N3O2. The number of hydrogen-bond donors (Lipinski definition) is 2. The summed E-state index contributed by atoms with van der Waals surface area (Å²) in [6, 6.07) is 0. The van der Waals surface area contributed by atoms with Gasteiger partial charge in [0.25, 0.3) is 0 Å². The minimum atomic E-state index is 0.0447. The zero-order chi connectivity index (χ0) is 10.2. The summed E-state index contributed by atoms with van der Waals surface area (Å²) in [7, 11) is 1.63. The topological polar surface area (TPSA) is 67.0 Å². The molecule has 1 aromatic heterocycles. The molecule has 0 saturated heterocycles. The van der Waals surface area contributed by atoms with E-state index < -0.39 is 0 Å². The van der Waals surface area contributed by atoms with Crippen molar-refractivity contribution in [2.24, 2.45) is 0 Å². The Morgan fingerprint density at radius 2 is 2.57 bits per heavy atom. The maximum absolute atomic E-state index is 11.2. The Bertz CT molecular complexity index is 259. The number of methoxy groups -OCH3 is 1. The second-order valence-corrected chi connectivity index (χ2v) is 2.98. The molecule has 5 heteroatoms. The molecule has 0 fully saturated rings. The van der Waals surface area contributed by atoms with Crippen LogP contribution in [0.1, 0.15) is 18.4 Å². The van der Waals surface area contributed by atoms with Crippen LogP contribution < -0.4 is 5.32 Å². The van der Waals surface area contributed by atoms with Crippen molar-refractivity contribution in [1.82, 2.24) is 15.5 Å². The summed E-state index contributed by atoms with van der Waals surface area (Å²) in [6.07, 6.45) is 4.71. The molecule has 0 aliphatic heterocycles. The molecule has 0 aliphatic rings. The second-order valence-electron chi connectivity index (χ2n) is 2.98. The minimum absolute atomic E-state index is 0.0447. The fourth-order valence-electron chi connectivity index (χ4n) is 1.04. The number of rotatable bonds is 6. The average Bonchev–Trinajstić information content (AvgIpc) is 2.68. The van der Waals surface area contributed by atoms with Crippen LogP contribution in [0, 0.1) is 0 Å². The zero-order valence-corrected chi connectivity index (χ0v) is 8.25. The molecule has 2 N–H and O–H groups in total. The van der Waals surface area contributed by atoms with Crippen LogP contribution in [-0.4, -0.2) is 29.8 Å². The summed E-state index contributed by atoms with van der Waals surface area (Å²) in [5.41, 5.74) is 0.977. The molecule has 1 heterocycles. The summed E-state index contributed by atoms with van der Waals surface area (Å²) in [4.78, 5) is 11.2. The van der Waals surface area contributed by atoms with E-state index in [0.29, 0.717) is 19.6 Å². The summed E-state index contributed by atoms with van der Waals surface area (Å²) < 4.78 is 4.85. The van der Waals surface area contributed by atoms with Gasteiger partial charge in [-0.25, -0.2) is 0 Å². The van der Waals surface area contributed by atoms with Crippen molar-refractivity contribution in [3.05, 3.63) is 18.0 Å². The predicted octanol–water partition coefficient (Wildman–Crippen LogP) is 0.452. The molecule has 14 heavy (non-hydrogen) atoms. The molecular weight excluding hydrogens is 182 g/mol. The van der Waals surface area contributed by atoms with Crippen LogP contribution in [0.5, 0.6) is 0 Å². The molecule has 0 atom stereocenters. The van der Waals surface area contributed by atoms with Gasteiger partial charge in [-0.1, -0.05) is 0 Å². The minimum Gasteiger partial charge on any atom is -0.385 e. The molecule has 0 radical (unpaired) electrons. The van der Waals surface area contributed by atoms with Crippen LogP contribution >= 0.6 is 0 Å². The quantitative estimate of drug-likeness (QED) is 0.651. The van der Waals surface area contributed by atoms with Crippen molar-refractivity contribution in [3.8, 4) is 0 Å². The van der Waals surface area contributed by atoms with Crippen LogP contribution in [0.3, 0.4) is 0 Å². The Morgan fingerprint density at radius 3 is 3.21 bits per heavy atom. The number of aromatic amines is 1. The molecule has 1 amide bonds. The van der Waals surface area contributed by atoms with Gasteiger partial charge in [-0.2, -0.15) is 5.10 Å². The van der Waals surface area contributed by atoms with Crippen LogP contribution in [0.25, 0.3) is 0 Å². The van der Waals surface area contributed by atoms with E-state index in [1.165, 1.54) is 0 Å².